The molecule has 0 bridgehead atoms. The SMILES string of the molecule is CC#Cc1cnc(N[C@@H]2CCNC2)nc1. The minimum atomic E-state index is 0.452. The molecule has 0 unspecified atom stereocenters. The predicted octanol–water partition coefficient (Wildman–Crippen LogP) is 0.622. The number of anilines is 1. The first kappa shape index (κ1) is 9.94. The predicted molar refractivity (Wildman–Crippen MR) is 59.5 cm³/mol. The van der Waals surface area contributed by atoms with Gasteiger partial charge in [-0.3, -0.25) is 0 Å². The van der Waals surface area contributed by atoms with Crippen LogP contribution < -0.4 is 10.6 Å². The maximum atomic E-state index is 4.21. The lowest BCUT2D eigenvalue weighted by atomic mass is 10.3. The highest BCUT2D eigenvalue weighted by atomic mass is 15.1. The van der Waals surface area contributed by atoms with Gasteiger partial charge in [-0.05, 0) is 19.9 Å². The Morgan fingerprint density at radius 3 is 2.87 bits per heavy atom. The van der Waals surface area contributed by atoms with Crippen molar-refractivity contribution in [2.75, 3.05) is 18.4 Å². The van der Waals surface area contributed by atoms with Gasteiger partial charge in [0.05, 0.1) is 5.56 Å². The van der Waals surface area contributed by atoms with E-state index in [0.29, 0.717) is 12.0 Å². The lowest BCUT2D eigenvalue weighted by molar-refractivity contribution is 0.780. The topological polar surface area (TPSA) is 49.8 Å². The third-order valence-electron chi connectivity index (χ3n) is 2.31. The molecule has 1 aromatic rings. The molecule has 1 fully saturated rings. The van der Waals surface area contributed by atoms with E-state index in [4.69, 9.17) is 0 Å². The molecule has 1 atom stereocenters. The van der Waals surface area contributed by atoms with E-state index < -0.39 is 0 Å². The van der Waals surface area contributed by atoms with Crippen LogP contribution in [-0.4, -0.2) is 29.1 Å². The molecule has 15 heavy (non-hydrogen) atoms. The van der Waals surface area contributed by atoms with Gasteiger partial charge in [-0.2, -0.15) is 0 Å². The summed E-state index contributed by atoms with van der Waals surface area (Å²) in [4.78, 5) is 8.42. The summed E-state index contributed by atoms with van der Waals surface area (Å²) in [5.41, 5.74) is 0.854. The first-order valence-corrected chi connectivity index (χ1v) is 5.10. The summed E-state index contributed by atoms with van der Waals surface area (Å²) in [7, 11) is 0. The highest BCUT2D eigenvalue weighted by Gasteiger charge is 2.14. The zero-order valence-corrected chi connectivity index (χ0v) is 8.75. The van der Waals surface area contributed by atoms with Crippen molar-refractivity contribution < 1.29 is 0 Å². The fourth-order valence-corrected chi connectivity index (χ4v) is 1.57. The summed E-state index contributed by atoms with van der Waals surface area (Å²) in [5.74, 6) is 6.41. The van der Waals surface area contributed by atoms with Crippen molar-refractivity contribution >= 4 is 5.95 Å². The van der Waals surface area contributed by atoms with Gasteiger partial charge in [-0.1, -0.05) is 5.92 Å². The van der Waals surface area contributed by atoms with E-state index in [9.17, 15) is 0 Å². The van der Waals surface area contributed by atoms with Crippen LogP contribution in [0.25, 0.3) is 0 Å². The number of nitrogens with zero attached hydrogens (tertiary/aromatic N) is 2. The van der Waals surface area contributed by atoms with Crippen LogP contribution in [-0.2, 0) is 0 Å². The Morgan fingerprint density at radius 1 is 1.47 bits per heavy atom. The van der Waals surface area contributed by atoms with E-state index in [2.05, 4.69) is 32.4 Å². The second kappa shape index (κ2) is 4.76. The summed E-state index contributed by atoms with van der Waals surface area (Å²) in [5, 5.41) is 6.56. The van der Waals surface area contributed by atoms with Crippen LogP contribution in [0.4, 0.5) is 5.95 Å². The summed E-state index contributed by atoms with van der Waals surface area (Å²) in [6.07, 6.45) is 4.61. The number of aromatic nitrogens is 2. The van der Waals surface area contributed by atoms with Gasteiger partial charge < -0.3 is 10.6 Å². The lowest BCUT2D eigenvalue weighted by Gasteiger charge is -2.10. The van der Waals surface area contributed by atoms with Crippen molar-refractivity contribution in [1.82, 2.24) is 15.3 Å². The second-order valence-electron chi connectivity index (χ2n) is 3.50. The molecule has 4 nitrogen and oxygen atoms in total. The average molecular weight is 202 g/mol. The van der Waals surface area contributed by atoms with Gasteiger partial charge in [0.1, 0.15) is 0 Å². The van der Waals surface area contributed by atoms with E-state index in [-0.39, 0.29) is 0 Å². The number of hydrogen-bond acceptors (Lipinski definition) is 4. The Kier molecular flexibility index (Phi) is 3.15. The molecule has 2 heterocycles. The summed E-state index contributed by atoms with van der Waals surface area (Å²) in [6, 6.07) is 0.452. The van der Waals surface area contributed by atoms with Crippen molar-refractivity contribution in [2.24, 2.45) is 0 Å². The molecule has 78 valence electrons. The minimum Gasteiger partial charge on any atom is -0.350 e. The van der Waals surface area contributed by atoms with Crippen LogP contribution in [0.2, 0.25) is 0 Å². The molecule has 1 aromatic heterocycles. The Morgan fingerprint density at radius 2 is 2.27 bits per heavy atom. The average Bonchev–Trinajstić information content (AvgIpc) is 2.74. The van der Waals surface area contributed by atoms with E-state index in [1.165, 1.54) is 0 Å². The molecule has 2 rings (SSSR count). The largest absolute Gasteiger partial charge is 0.350 e. The molecule has 1 aliphatic heterocycles. The minimum absolute atomic E-state index is 0.452. The standard InChI is InChI=1S/C11H14N4/c1-2-3-9-6-13-11(14-7-9)15-10-4-5-12-8-10/h6-7,10,12H,4-5,8H2,1H3,(H,13,14,15)/t10-/m1/s1. The van der Waals surface area contributed by atoms with Crippen LogP contribution in [0.5, 0.6) is 0 Å². The molecule has 0 aromatic carbocycles. The number of rotatable bonds is 2. The first-order chi connectivity index (χ1) is 7.38. The van der Waals surface area contributed by atoms with Crippen LogP contribution in [0.15, 0.2) is 12.4 Å². The van der Waals surface area contributed by atoms with Crippen LogP contribution in [0.3, 0.4) is 0 Å². The fraction of sp³-hybridized carbons (Fsp3) is 0.455. The molecule has 0 aliphatic carbocycles. The number of nitrogens with one attached hydrogen (secondary N) is 2. The summed E-state index contributed by atoms with van der Waals surface area (Å²) in [6.45, 7) is 3.85. The molecule has 1 aliphatic rings. The third kappa shape index (κ3) is 2.67. The molecule has 0 amide bonds. The van der Waals surface area contributed by atoms with Crippen LogP contribution in [0, 0.1) is 11.8 Å². The maximum absolute atomic E-state index is 4.21. The molecule has 2 N–H and O–H groups in total. The molecule has 0 radical (unpaired) electrons. The second-order valence-corrected chi connectivity index (χ2v) is 3.50. The van der Waals surface area contributed by atoms with Gasteiger partial charge in [-0.25, -0.2) is 9.97 Å². The van der Waals surface area contributed by atoms with Gasteiger partial charge in [0.25, 0.3) is 0 Å². The number of hydrogen-bond donors (Lipinski definition) is 2. The Bertz CT molecular complexity index is 368. The van der Waals surface area contributed by atoms with Crippen molar-refractivity contribution in [3.05, 3.63) is 18.0 Å². The smallest absolute Gasteiger partial charge is 0.222 e. The van der Waals surface area contributed by atoms with Gasteiger partial charge in [0.2, 0.25) is 5.95 Å². The summed E-state index contributed by atoms with van der Waals surface area (Å²) >= 11 is 0. The Hall–Kier alpha value is -1.60. The molecule has 0 saturated carbocycles. The van der Waals surface area contributed by atoms with Crippen molar-refractivity contribution in [3.63, 3.8) is 0 Å². The molecule has 0 spiro atoms. The summed E-state index contributed by atoms with van der Waals surface area (Å²) < 4.78 is 0. The highest BCUT2D eigenvalue weighted by Crippen LogP contribution is 2.05. The van der Waals surface area contributed by atoms with Gasteiger partial charge in [0, 0.05) is 25.0 Å². The van der Waals surface area contributed by atoms with E-state index in [1.807, 2.05) is 0 Å². The van der Waals surface area contributed by atoms with Crippen molar-refractivity contribution in [3.8, 4) is 11.8 Å². The molecular weight excluding hydrogens is 188 g/mol. The molecular formula is C11H14N4. The maximum Gasteiger partial charge on any atom is 0.222 e. The van der Waals surface area contributed by atoms with E-state index in [0.717, 1.165) is 25.1 Å². The van der Waals surface area contributed by atoms with Gasteiger partial charge >= 0.3 is 0 Å². The quantitative estimate of drug-likeness (QED) is 0.690. The monoisotopic (exact) mass is 202 g/mol. The zero-order valence-electron chi connectivity index (χ0n) is 8.75. The van der Waals surface area contributed by atoms with Crippen molar-refractivity contribution in [1.29, 1.82) is 0 Å². The molecule has 1 saturated heterocycles. The fourth-order valence-electron chi connectivity index (χ4n) is 1.57. The lowest BCUT2D eigenvalue weighted by Crippen LogP contribution is -2.23. The normalized spacial score (nSPS) is 19.4. The van der Waals surface area contributed by atoms with E-state index in [1.54, 1.807) is 19.3 Å². The van der Waals surface area contributed by atoms with E-state index >= 15 is 0 Å². The highest BCUT2D eigenvalue weighted by molar-refractivity contribution is 5.34. The Labute approximate surface area is 89.5 Å². The Balaban J connectivity index is 1.99. The van der Waals surface area contributed by atoms with Crippen molar-refractivity contribution in [2.45, 2.75) is 19.4 Å². The zero-order chi connectivity index (χ0) is 10.5. The van der Waals surface area contributed by atoms with Gasteiger partial charge in [0.15, 0.2) is 0 Å². The third-order valence-corrected chi connectivity index (χ3v) is 2.31. The van der Waals surface area contributed by atoms with Crippen LogP contribution in [0.1, 0.15) is 18.9 Å². The van der Waals surface area contributed by atoms with Crippen LogP contribution >= 0.6 is 0 Å². The molecule has 4 heteroatoms. The van der Waals surface area contributed by atoms with Gasteiger partial charge in [-0.15, -0.1) is 5.92 Å². The first-order valence-electron chi connectivity index (χ1n) is 5.10.